The van der Waals surface area contributed by atoms with Gasteiger partial charge in [0.2, 0.25) is 0 Å². The fourth-order valence-electron chi connectivity index (χ4n) is 0.316. The highest BCUT2D eigenvalue weighted by molar-refractivity contribution is 6.60. The summed E-state index contributed by atoms with van der Waals surface area (Å²) in [7, 11) is 0. The normalized spacial score (nSPS) is 19.3. The number of aliphatic hydroxyl groups is 1. The van der Waals surface area contributed by atoms with Gasteiger partial charge in [-0.15, -0.1) is 0 Å². The van der Waals surface area contributed by atoms with Gasteiger partial charge in [0.25, 0.3) is 0 Å². The van der Waals surface area contributed by atoms with Gasteiger partial charge in [0, 0.05) is 6.10 Å². The molecule has 2 nitrogen and oxygen atoms in total. The molecule has 0 aromatic carbocycles. The molecule has 0 saturated carbocycles. The second-order valence-electron chi connectivity index (χ2n) is 1.94. The second-order valence-corrected chi connectivity index (χ2v) is 1.94. The Kier molecular flexibility index (Phi) is 2.51. The summed E-state index contributed by atoms with van der Waals surface area (Å²) in [6.45, 7) is -4.06. The molecule has 0 radical (unpaired) electrons. The minimum atomic E-state index is -5.08. The average molecular weight is 142 g/mol. The van der Waals surface area contributed by atoms with Crippen LogP contribution in [0.4, 0.5) is 12.9 Å². The van der Waals surface area contributed by atoms with E-state index in [1.165, 1.54) is 0 Å². The van der Waals surface area contributed by atoms with Gasteiger partial charge in [0.05, 0.1) is 0 Å². The minimum absolute atomic E-state index is 1.01. The van der Waals surface area contributed by atoms with Crippen molar-refractivity contribution in [2.24, 2.45) is 5.73 Å². The van der Waals surface area contributed by atoms with Crippen molar-refractivity contribution in [3.63, 3.8) is 0 Å². The summed E-state index contributed by atoms with van der Waals surface area (Å²) in [5.41, 5.74) is 4.55. The summed E-state index contributed by atoms with van der Waals surface area (Å²) in [5.74, 6) is -2.06. The molecule has 0 fully saturated rings. The molecular formula is C3H8BF3NO-. The lowest BCUT2D eigenvalue weighted by Gasteiger charge is -2.24. The molecule has 0 aliphatic rings. The van der Waals surface area contributed by atoms with Gasteiger partial charge in [0.1, 0.15) is 0 Å². The molecule has 0 aromatic heterocycles. The van der Waals surface area contributed by atoms with Crippen molar-refractivity contribution in [1.29, 1.82) is 0 Å². The Balaban J connectivity index is 3.88. The maximum Gasteiger partial charge on any atom is 0.497 e. The van der Waals surface area contributed by atoms with Gasteiger partial charge >= 0.3 is 6.98 Å². The van der Waals surface area contributed by atoms with E-state index in [4.69, 9.17) is 5.11 Å². The van der Waals surface area contributed by atoms with Gasteiger partial charge in [-0.25, -0.2) is 0 Å². The summed E-state index contributed by atoms with van der Waals surface area (Å²) in [6.07, 6.45) is -1.51. The SMILES string of the molecule is CC(O)C(N)[B-](F)(F)F. The quantitative estimate of drug-likeness (QED) is 0.536. The molecule has 6 heteroatoms. The van der Waals surface area contributed by atoms with Gasteiger partial charge < -0.3 is 23.8 Å². The van der Waals surface area contributed by atoms with E-state index in [0.29, 0.717) is 0 Å². The van der Waals surface area contributed by atoms with Crippen LogP contribution in [0.5, 0.6) is 0 Å². The average Bonchev–Trinajstić information content (AvgIpc) is 1.62. The molecule has 0 aromatic rings. The molecule has 0 saturated heterocycles. The molecule has 0 spiro atoms. The zero-order chi connectivity index (χ0) is 7.65. The highest BCUT2D eigenvalue weighted by atomic mass is 19.4. The van der Waals surface area contributed by atoms with E-state index >= 15 is 0 Å². The van der Waals surface area contributed by atoms with Crippen molar-refractivity contribution in [3.8, 4) is 0 Å². The number of aliphatic hydroxyl groups excluding tert-OH is 1. The topological polar surface area (TPSA) is 46.2 Å². The zero-order valence-electron chi connectivity index (χ0n) is 4.89. The van der Waals surface area contributed by atoms with Crippen LogP contribution in [0.1, 0.15) is 6.92 Å². The van der Waals surface area contributed by atoms with E-state index in [9.17, 15) is 12.9 Å². The fraction of sp³-hybridized carbons (Fsp3) is 1.00. The standard InChI is InChI=1S/C3H8BF3NO/c1-2(9)3(8)4(5,6)7/h2-3,9H,8H2,1H3/q-1. The van der Waals surface area contributed by atoms with Crippen molar-refractivity contribution in [3.05, 3.63) is 0 Å². The molecule has 9 heavy (non-hydrogen) atoms. The van der Waals surface area contributed by atoms with Crippen molar-refractivity contribution in [1.82, 2.24) is 0 Å². The number of hydrogen-bond acceptors (Lipinski definition) is 2. The van der Waals surface area contributed by atoms with Crippen molar-refractivity contribution < 1.29 is 18.1 Å². The lowest BCUT2D eigenvalue weighted by molar-refractivity contribution is 0.172. The maximum atomic E-state index is 11.5. The molecule has 2 atom stereocenters. The number of nitrogens with two attached hydrogens (primary N) is 1. The van der Waals surface area contributed by atoms with Crippen LogP contribution in [0.15, 0.2) is 0 Å². The van der Waals surface area contributed by atoms with Gasteiger partial charge in [-0.1, -0.05) is 0 Å². The second kappa shape index (κ2) is 2.57. The summed E-state index contributed by atoms with van der Waals surface area (Å²) < 4.78 is 34.4. The monoisotopic (exact) mass is 142 g/mol. The van der Waals surface area contributed by atoms with Crippen LogP contribution in [-0.2, 0) is 0 Å². The van der Waals surface area contributed by atoms with Gasteiger partial charge in [-0.05, 0) is 12.9 Å². The third-order valence-corrected chi connectivity index (χ3v) is 0.993. The first-order valence-electron chi connectivity index (χ1n) is 2.49. The maximum absolute atomic E-state index is 11.5. The predicted octanol–water partition coefficient (Wildman–Crippen LogP) is 0.0811. The van der Waals surface area contributed by atoms with Crippen molar-refractivity contribution >= 4 is 6.98 Å². The fourth-order valence-corrected chi connectivity index (χ4v) is 0.316. The molecule has 2 unspecified atom stereocenters. The molecule has 3 N–H and O–H groups in total. The molecule has 0 rings (SSSR count). The Morgan fingerprint density at radius 2 is 1.78 bits per heavy atom. The number of hydrogen-bond donors (Lipinski definition) is 2. The molecule has 0 aliphatic carbocycles. The molecular weight excluding hydrogens is 134 g/mol. The first kappa shape index (κ1) is 8.77. The smallest absolute Gasteiger partial charge is 0.448 e. The predicted molar refractivity (Wildman–Crippen MR) is 28.7 cm³/mol. The Hall–Kier alpha value is -0.225. The van der Waals surface area contributed by atoms with Crippen molar-refractivity contribution in [2.45, 2.75) is 19.0 Å². The molecule has 56 valence electrons. The van der Waals surface area contributed by atoms with Crippen molar-refractivity contribution in [2.75, 3.05) is 0 Å². The highest BCUT2D eigenvalue weighted by Gasteiger charge is 2.34. The van der Waals surface area contributed by atoms with Crippen LogP contribution in [0.25, 0.3) is 0 Å². The lowest BCUT2D eigenvalue weighted by atomic mass is 9.77. The molecule has 0 bridgehead atoms. The largest absolute Gasteiger partial charge is 0.497 e. The van der Waals surface area contributed by atoms with Crippen LogP contribution in [-0.4, -0.2) is 24.1 Å². The van der Waals surface area contributed by atoms with Gasteiger partial charge in [-0.3, -0.25) is 0 Å². The molecule has 0 amide bonds. The summed E-state index contributed by atoms with van der Waals surface area (Å²) >= 11 is 0. The molecule has 0 aliphatic heterocycles. The summed E-state index contributed by atoms with van der Waals surface area (Å²) in [5, 5.41) is 8.33. The van der Waals surface area contributed by atoms with Crippen LogP contribution in [0.3, 0.4) is 0 Å². The van der Waals surface area contributed by atoms with Crippen LogP contribution < -0.4 is 5.73 Å². The summed E-state index contributed by atoms with van der Waals surface area (Å²) in [6, 6.07) is 0. The van der Waals surface area contributed by atoms with E-state index in [1.807, 2.05) is 0 Å². The Morgan fingerprint density at radius 1 is 1.44 bits per heavy atom. The first-order valence-corrected chi connectivity index (χ1v) is 2.49. The third kappa shape index (κ3) is 2.71. The lowest BCUT2D eigenvalue weighted by Crippen LogP contribution is -2.49. The van der Waals surface area contributed by atoms with E-state index < -0.39 is 19.0 Å². The Morgan fingerprint density at radius 3 is 1.78 bits per heavy atom. The first-order chi connectivity index (χ1) is 3.85. The van der Waals surface area contributed by atoms with E-state index in [1.54, 1.807) is 0 Å². The van der Waals surface area contributed by atoms with Gasteiger partial charge in [-0.2, -0.15) is 0 Å². The number of rotatable bonds is 2. The van der Waals surface area contributed by atoms with Crippen LogP contribution in [0.2, 0.25) is 0 Å². The van der Waals surface area contributed by atoms with Crippen LogP contribution >= 0.6 is 0 Å². The minimum Gasteiger partial charge on any atom is -0.448 e. The van der Waals surface area contributed by atoms with Crippen LogP contribution in [0, 0.1) is 0 Å². The molecule has 0 heterocycles. The summed E-state index contributed by atoms with van der Waals surface area (Å²) in [4.78, 5) is 0. The zero-order valence-corrected chi connectivity index (χ0v) is 4.89. The van der Waals surface area contributed by atoms with E-state index in [2.05, 4.69) is 5.73 Å². The van der Waals surface area contributed by atoms with E-state index in [0.717, 1.165) is 6.92 Å². The van der Waals surface area contributed by atoms with Gasteiger partial charge in [0.15, 0.2) is 0 Å². The van der Waals surface area contributed by atoms with E-state index in [-0.39, 0.29) is 0 Å². The number of halogens is 3. The highest BCUT2D eigenvalue weighted by Crippen LogP contribution is 2.14. The third-order valence-electron chi connectivity index (χ3n) is 0.993. The Labute approximate surface area is 50.9 Å². The Bertz CT molecular complexity index is 93.5.